The van der Waals surface area contributed by atoms with Crippen molar-refractivity contribution < 1.29 is 13.6 Å². The van der Waals surface area contributed by atoms with Crippen LogP contribution in [0.1, 0.15) is 12.5 Å². The number of urea groups is 1. The Hall–Kier alpha value is -3.27. The maximum Gasteiger partial charge on any atom is 0.323 e. The molecule has 2 atom stereocenters. The molecule has 30 heavy (non-hydrogen) atoms. The number of aromatic nitrogens is 2. The number of amidine groups is 1. The normalized spacial score (nSPS) is 22.0. The number of aliphatic imine (C=N–C) groups is 2. The minimum absolute atomic E-state index is 0.0252. The Morgan fingerprint density at radius 2 is 1.97 bits per heavy atom. The maximum atomic E-state index is 14.2. The lowest BCUT2D eigenvalue weighted by molar-refractivity contribution is 0.104. The van der Waals surface area contributed by atoms with E-state index in [2.05, 4.69) is 30.4 Å². The number of carbonyl (C=O) groups excluding carboxylic acids is 1. The van der Waals surface area contributed by atoms with Crippen LogP contribution in [0.15, 0.2) is 46.5 Å². The molecule has 1 fully saturated rings. The molecule has 2 aromatic rings. The van der Waals surface area contributed by atoms with Crippen LogP contribution < -0.4 is 5.32 Å². The van der Waals surface area contributed by atoms with E-state index in [1.807, 2.05) is 6.92 Å². The highest BCUT2D eigenvalue weighted by atomic mass is 19.1. The third kappa shape index (κ3) is 4.33. The van der Waals surface area contributed by atoms with Gasteiger partial charge in [-0.3, -0.25) is 10.2 Å². The van der Waals surface area contributed by atoms with Crippen LogP contribution >= 0.6 is 0 Å². The van der Waals surface area contributed by atoms with E-state index >= 15 is 0 Å². The van der Waals surface area contributed by atoms with Crippen molar-refractivity contribution in [2.24, 2.45) is 15.9 Å². The van der Waals surface area contributed by atoms with Gasteiger partial charge in [0, 0.05) is 50.6 Å². The second-order valence-electron chi connectivity index (χ2n) is 7.19. The second kappa shape index (κ2) is 8.62. The van der Waals surface area contributed by atoms with Crippen LogP contribution in [0, 0.1) is 17.6 Å². The summed E-state index contributed by atoms with van der Waals surface area (Å²) in [6.45, 7) is 4.24. The van der Waals surface area contributed by atoms with Crippen molar-refractivity contribution in [2.45, 2.75) is 13.1 Å². The molecule has 0 radical (unpaired) electrons. The summed E-state index contributed by atoms with van der Waals surface area (Å²) < 4.78 is 27.4. The molecule has 0 saturated carbocycles. The molecular weight excluding hydrogens is 392 g/mol. The predicted molar refractivity (Wildman–Crippen MR) is 109 cm³/mol. The number of carbonyl (C=O) groups is 1. The zero-order chi connectivity index (χ0) is 21.1. The Kier molecular flexibility index (Phi) is 5.75. The van der Waals surface area contributed by atoms with Gasteiger partial charge in [0.1, 0.15) is 17.8 Å². The molecule has 1 saturated heterocycles. The molecule has 2 aliphatic heterocycles. The van der Waals surface area contributed by atoms with Gasteiger partial charge in [-0.2, -0.15) is 5.10 Å². The minimum atomic E-state index is -0.690. The summed E-state index contributed by atoms with van der Waals surface area (Å²) in [7, 11) is 0. The molecule has 0 bridgehead atoms. The first kappa shape index (κ1) is 20.0. The molecule has 2 unspecified atom stereocenters. The molecular formula is C20H21F2N7O. The fraction of sp³-hybridized carbons (Fsp3) is 0.350. The molecule has 1 aromatic heterocycles. The standard InChI is InChI=1S/C20H21F2N7O/c1-13-12-23-18(15-5-4-14(21)11-16(15)22)26-19(13)28-7-9-29(10-8-28)20(30)25-17-3-2-6-24-27-17/h2-6,11-13,19H,7-10H2,1H3,(H,25,27,30). The number of anilines is 1. The van der Waals surface area contributed by atoms with Crippen LogP contribution in [-0.4, -0.2) is 70.4 Å². The Morgan fingerprint density at radius 3 is 2.67 bits per heavy atom. The van der Waals surface area contributed by atoms with Gasteiger partial charge in [0.2, 0.25) is 0 Å². The zero-order valence-corrected chi connectivity index (χ0v) is 16.4. The lowest BCUT2D eigenvalue weighted by atomic mass is 10.1. The molecule has 1 aromatic carbocycles. The van der Waals surface area contributed by atoms with Crippen molar-refractivity contribution in [1.29, 1.82) is 0 Å². The predicted octanol–water partition coefficient (Wildman–Crippen LogP) is 2.40. The molecule has 4 rings (SSSR count). The van der Waals surface area contributed by atoms with E-state index in [0.717, 1.165) is 6.07 Å². The van der Waals surface area contributed by atoms with Gasteiger partial charge in [-0.15, -0.1) is 5.10 Å². The number of hydrogen-bond donors (Lipinski definition) is 1. The number of amides is 2. The smallest absolute Gasteiger partial charge is 0.322 e. The first-order valence-electron chi connectivity index (χ1n) is 9.66. The Morgan fingerprint density at radius 1 is 1.17 bits per heavy atom. The fourth-order valence-electron chi connectivity index (χ4n) is 3.51. The van der Waals surface area contributed by atoms with Crippen LogP contribution in [0.25, 0.3) is 0 Å². The molecule has 1 N–H and O–H groups in total. The molecule has 8 nitrogen and oxygen atoms in total. The minimum Gasteiger partial charge on any atom is -0.322 e. The molecule has 2 aliphatic rings. The summed E-state index contributed by atoms with van der Waals surface area (Å²) in [5.41, 5.74) is 0.173. The van der Waals surface area contributed by atoms with E-state index in [-0.39, 0.29) is 29.5 Å². The zero-order valence-electron chi connectivity index (χ0n) is 16.4. The summed E-state index contributed by atoms with van der Waals surface area (Å²) in [5, 5.41) is 10.3. The van der Waals surface area contributed by atoms with Gasteiger partial charge in [0.05, 0.1) is 5.56 Å². The summed E-state index contributed by atoms with van der Waals surface area (Å²) in [6, 6.07) is 6.52. The summed E-state index contributed by atoms with van der Waals surface area (Å²) in [5.74, 6) is -0.657. The van der Waals surface area contributed by atoms with Crippen LogP contribution in [-0.2, 0) is 0 Å². The van der Waals surface area contributed by atoms with Crippen LogP contribution in [0.4, 0.5) is 19.4 Å². The quantitative estimate of drug-likeness (QED) is 0.837. The van der Waals surface area contributed by atoms with E-state index in [4.69, 9.17) is 0 Å². The van der Waals surface area contributed by atoms with Gasteiger partial charge in [-0.05, 0) is 24.3 Å². The third-order valence-electron chi connectivity index (χ3n) is 5.11. The summed E-state index contributed by atoms with van der Waals surface area (Å²) in [4.78, 5) is 25.2. The molecule has 3 heterocycles. The summed E-state index contributed by atoms with van der Waals surface area (Å²) >= 11 is 0. The first-order chi connectivity index (χ1) is 14.5. The third-order valence-corrected chi connectivity index (χ3v) is 5.11. The highest BCUT2D eigenvalue weighted by Gasteiger charge is 2.31. The Balaban J connectivity index is 1.41. The van der Waals surface area contributed by atoms with Crippen molar-refractivity contribution >= 4 is 23.9 Å². The van der Waals surface area contributed by atoms with Gasteiger partial charge in [0.15, 0.2) is 11.7 Å². The van der Waals surface area contributed by atoms with E-state index in [1.165, 1.54) is 18.3 Å². The fourth-order valence-corrected chi connectivity index (χ4v) is 3.51. The van der Waals surface area contributed by atoms with Crippen molar-refractivity contribution in [3.8, 4) is 0 Å². The highest BCUT2D eigenvalue weighted by molar-refractivity contribution is 6.04. The lowest BCUT2D eigenvalue weighted by Crippen LogP contribution is -2.54. The topological polar surface area (TPSA) is 86.1 Å². The summed E-state index contributed by atoms with van der Waals surface area (Å²) in [6.07, 6.45) is 3.05. The molecule has 2 amide bonds. The van der Waals surface area contributed by atoms with Crippen molar-refractivity contribution in [1.82, 2.24) is 20.0 Å². The van der Waals surface area contributed by atoms with Gasteiger partial charge < -0.3 is 4.90 Å². The van der Waals surface area contributed by atoms with Crippen molar-refractivity contribution in [3.63, 3.8) is 0 Å². The monoisotopic (exact) mass is 413 g/mol. The van der Waals surface area contributed by atoms with Crippen LogP contribution in [0.2, 0.25) is 0 Å². The Bertz CT molecular complexity index is 974. The maximum absolute atomic E-state index is 14.2. The molecule has 0 aliphatic carbocycles. The van der Waals surface area contributed by atoms with Crippen LogP contribution in [0.3, 0.4) is 0 Å². The molecule has 10 heteroatoms. The molecule has 0 spiro atoms. The largest absolute Gasteiger partial charge is 0.323 e. The van der Waals surface area contributed by atoms with Crippen LogP contribution in [0.5, 0.6) is 0 Å². The SMILES string of the molecule is CC1C=NC(c2ccc(F)cc2F)=NC1N1CCN(C(=O)Nc2cccnn2)CC1. The van der Waals surface area contributed by atoms with Crippen molar-refractivity contribution in [3.05, 3.63) is 53.7 Å². The van der Waals surface area contributed by atoms with Gasteiger partial charge >= 0.3 is 6.03 Å². The van der Waals surface area contributed by atoms with E-state index in [0.29, 0.717) is 32.0 Å². The average molecular weight is 413 g/mol. The highest BCUT2D eigenvalue weighted by Crippen LogP contribution is 2.21. The number of nitrogens with one attached hydrogen (secondary N) is 1. The second-order valence-corrected chi connectivity index (χ2v) is 7.19. The van der Waals surface area contributed by atoms with E-state index in [1.54, 1.807) is 23.2 Å². The number of halogens is 2. The number of nitrogens with zero attached hydrogens (tertiary/aromatic N) is 6. The number of rotatable bonds is 3. The first-order valence-corrected chi connectivity index (χ1v) is 9.66. The van der Waals surface area contributed by atoms with Gasteiger partial charge in [-0.25, -0.2) is 23.6 Å². The number of hydrogen-bond acceptors (Lipinski definition) is 6. The Labute approximate surface area is 172 Å². The van der Waals surface area contributed by atoms with Crippen molar-refractivity contribution in [2.75, 3.05) is 31.5 Å². The number of benzene rings is 1. The molecule has 156 valence electrons. The van der Waals surface area contributed by atoms with Gasteiger partial charge in [0.25, 0.3) is 0 Å². The average Bonchev–Trinajstić information content (AvgIpc) is 2.75. The number of piperazine rings is 1. The lowest BCUT2D eigenvalue weighted by Gasteiger charge is -2.39. The van der Waals surface area contributed by atoms with E-state index < -0.39 is 11.6 Å². The van der Waals surface area contributed by atoms with E-state index in [9.17, 15) is 13.6 Å². The van der Waals surface area contributed by atoms with Gasteiger partial charge in [-0.1, -0.05) is 6.92 Å².